The minimum atomic E-state index is -0.389. The lowest BCUT2D eigenvalue weighted by Crippen LogP contribution is -2.07. The van der Waals surface area contributed by atoms with Crippen LogP contribution in [0.5, 0.6) is 0 Å². The average molecular weight is 166 g/mol. The van der Waals surface area contributed by atoms with Gasteiger partial charge in [0.1, 0.15) is 0 Å². The van der Waals surface area contributed by atoms with Gasteiger partial charge >= 0.3 is 0 Å². The summed E-state index contributed by atoms with van der Waals surface area (Å²) in [5, 5.41) is 9.40. The number of rotatable bonds is 4. The van der Waals surface area contributed by atoms with E-state index in [-0.39, 0.29) is 6.10 Å². The van der Waals surface area contributed by atoms with Crippen LogP contribution in [0.3, 0.4) is 0 Å². The summed E-state index contributed by atoms with van der Waals surface area (Å²) in [5.41, 5.74) is 1.94. The maximum absolute atomic E-state index is 9.40. The van der Waals surface area contributed by atoms with Gasteiger partial charge < -0.3 is 9.52 Å². The van der Waals surface area contributed by atoms with E-state index in [0.29, 0.717) is 0 Å². The fourth-order valence-electron chi connectivity index (χ4n) is 0.985. The van der Waals surface area contributed by atoms with Crippen molar-refractivity contribution in [3.63, 3.8) is 0 Å². The standard InChI is InChI=1S/C10H14O2/c1-8(2)10(11)4-3-9-5-6-12-7-9/h5-7,10-11H,1,3-4H2,2H3/t10-/m1/s1. The topological polar surface area (TPSA) is 33.4 Å². The summed E-state index contributed by atoms with van der Waals surface area (Å²) < 4.78 is 4.90. The van der Waals surface area contributed by atoms with Gasteiger partial charge in [0.15, 0.2) is 0 Å². The smallest absolute Gasteiger partial charge is 0.0934 e. The monoisotopic (exact) mass is 166 g/mol. The normalized spacial score (nSPS) is 12.8. The van der Waals surface area contributed by atoms with Crippen molar-refractivity contribution in [2.75, 3.05) is 0 Å². The fourth-order valence-corrected chi connectivity index (χ4v) is 0.985. The van der Waals surface area contributed by atoms with Crippen LogP contribution >= 0.6 is 0 Å². The molecule has 1 aromatic rings. The van der Waals surface area contributed by atoms with E-state index in [4.69, 9.17) is 4.42 Å². The molecule has 2 heteroatoms. The molecule has 0 aliphatic rings. The Balaban J connectivity index is 2.31. The Hall–Kier alpha value is -1.02. The Morgan fingerprint density at radius 2 is 2.50 bits per heavy atom. The largest absolute Gasteiger partial charge is 0.472 e. The second kappa shape index (κ2) is 4.12. The van der Waals surface area contributed by atoms with Crippen molar-refractivity contribution in [3.8, 4) is 0 Å². The van der Waals surface area contributed by atoms with E-state index in [0.717, 1.165) is 24.0 Å². The van der Waals surface area contributed by atoms with Crippen LogP contribution in [0.1, 0.15) is 18.9 Å². The van der Waals surface area contributed by atoms with E-state index in [2.05, 4.69) is 6.58 Å². The highest BCUT2D eigenvalue weighted by atomic mass is 16.3. The molecule has 0 saturated heterocycles. The van der Waals surface area contributed by atoms with E-state index in [1.807, 2.05) is 13.0 Å². The number of furan rings is 1. The third-order valence-corrected chi connectivity index (χ3v) is 1.86. The molecule has 0 amide bonds. The van der Waals surface area contributed by atoms with E-state index >= 15 is 0 Å². The van der Waals surface area contributed by atoms with Crippen molar-refractivity contribution < 1.29 is 9.52 Å². The van der Waals surface area contributed by atoms with E-state index in [1.165, 1.54) is 0 Å². The lowest BCUT2D eigenvalue weighted by atomic mass is 10.1. The molecule has 0 unspecified atom stereocenters. The van der Waals surface area contributed by atoms with Gasteiger partial charge in [-0.2, -0.15) is 0 Å². The van der Waals surface area contributed by atoms with Gasteiger partial charge in [-0.05, 0) is 31.4 Å². The zero-order chi connectivity index (χ0) is 8.97. The summed E-state index contributed by atoms with van der Waals surface area (Å²) in [6.45, 7) is 5.51. The van der Waals surface area contributed by atoms with Crippen molar-refractivity contribution in [2.45, 2.75) is 25.9 Å². The molecule has 0 aliphatic carbocycles. The molecule has 0 aliphatic heterocycles. The molecule has 0 spiro atoms. The highest BCUT2D eigenvalue weighted by Gasteiger charge is 2.04. The molecule has 1 rings (SSSR count). The Kier molecular flexibility index (Phi) is 3.11. The SMILES string of the molecule is C=C(C)[C@H](O)CCc1ccoc1. The van der Waals surface area contributed by atoms with Crippen molar-refractivity contribution in [2.24, 2.45) is 0 Å². The number of hydrogen-bond acceptors (Lipinski definition) is 2. The molecular formula is C10H14O2. The molecule has 1 heterocycles. The van der Waals surface area contributed by atoms with Gasteiger partial charge in [0.25, 0.3) is 0 Å². The first kappa shape index (κ1) is 9.07. The first-order valence-electron chi connectivity index (χ1n) is 4.04. The summed E-state index contributed by atoms with van der Waals surface area (Å²) >= 11 is 0. The zero-order valence-electron chi connectivity index (χ0n) is 7.29. The Labute approximate surface area is 72.5 Å². The zero-order valence-corrected chi connectivity index (χ0v) is 7.29. The van der Waals surface area contributed by atoms with Crippen molar-refractivity contribution >= 4 is 0 Å². The summed E-state index contributed by atoms with van der Waals surface area (Å²) in [6.07, 6.45) is 4.51. The van der Waals surface area contributed by atoms with Gasteiger partial charge in [-0.3, -0.25) is 0 Å². The molecule has 2 nitrogen and oxygen atoms in total. The van der Waals surface area contributed by atoms with Crippen LogP contribution in [0.15, 0.2) is 35.2 Å². The number of aliphatic hydroxyl groups is 1. The molecule has 0 aromatic carbocycles. The highest BCUT2D eigenvalue weighted by Crippen LogP contribution is 2.09. The maximum atomic E-state index is 9.40. The van der Waals surface area contributed by atoms with Crippen LogP contribution in [0.4, 0.5) is 0 Å². The number of hydrogen-bond donors (Lipinski definition) is 1. The van der Waals surface area contributed by atoms with Crippen molar-refractivity contribution in [3.05, 3.63) is 36.3 Å². The summed E-state index contributed by atoms with van der Waals surface area (Å²) in [4.78, 5) is 0. The first-order chi connectivity index (χ1) is 5.70. The molecule has 1 aromatic heterocycles. The molecule has 0 saturated carbocycles. The van der Waals surface area contributed by atoms with Gasteiger partial charge in [-0.15, -0.1) is 0 Å². The predicted molar refractivity (Wildman–Crippen MR) is 47.8 cm³/mol. The number of aliphatic hydroxyl groups excluding tert-OH is 1. The molecular weight excluding hydrogens is 152 g/mol. The second-order valence-corrected chi connectivity index (χ2v) is 3.03. The van der Waals surface area contributed by atoms with Gasteiger partial charge in [0.2, 0.25) is 0 Å². The lowest BCUT2D eigenvalue weighted by molar-refractivity contribution is 0.201. The summed E-state index contributed by atoms with van der Waals surface area (Å²) in [6, 6.07) is 1.91. The van der Waals surface area contributed by atoms with Crippen LogP contribution in [-0.4, -0.2) is 11.2 Å². The maximum Gasteiger partial charge on any atom is 0.0934 e. The molecule has 1 atom stereocenters. The Bertz CT molecular complexity index is 236. The van der Waals surface area contributed by atoms with Gasteiger partial charge in [-0.25, -0.2) is 0 Å². The van der Waals surface area contributed by atoms with E-state index in [9.17, 15) is 5.11 Å². The van der Waals surface area contributed by atoms with E-state index < -0.39 is 0 Å². The highest BCUT2D eigenvalue weighted by molar-refractivity contribution is 5.07. The molecule has 0 fully saturated rings. The molecule has 1 N–H and O–H groups in total. The van der Waals surface area contributed by atoms with Crippen LogP contribution < -0.4 is 0 Å². The first-order valence-corrected chi connectivity index (χ1v) is 4.04. The fraction of sp³-hybridized carbons (Fsp3) is 0.400. The van der Waals surface area contributed by atoms with E-state index in [1.54, 1.807) is 12.5 Å². The number of aryl methyl sites for hydroxylation is 1. The van der Waals surface area contributed by atoms with Gasteiger partial charge in [0, 0.05) is 0 Å². The minimum absolute atomic E-state index is 0.389. The van der Waals surface area contributed by atoms with Crippen LogP contribution in [0.2, 0.25) is 0 Å². The quantitative estimate of drug-likeness (QED) is 0.695. The van der Waals surface area contributed by atoms with Crippen molar-refractivity contribution in [1.82, 2.24) is 0 Å². The lowest BCUT2D eigenvalue weighted by Gasteiger charge is -2.07. The Morgan fingerprint density at radius 3 is 3.00 bits per heavy atom. The molecule has 66 valence electrons. The third kappa shape index (κ3) is 2.55. The average Bonchev–Trinajstić information content (AvgIpc) is 2.51. The second-order valence-electron chi connectivity index (χ2n) is 3.03. The molecule has 0 bridgehead atoms. The van der Waals surface area contributed by atoms with Gasteiger partial charge in [-0.1, -0.05) is 12.2 Å². The predicted octanol–water partition coefficient (Wildman–Crippen LogP) is 2.15. The summed E-state index contributed by atoms with van der Waals surface area (Å²) in [5.74, 6) is 0. The Morgan fingerprint density at radius 1 is 1.75 bits per heavy atom. The van der Waals surface area contributed by atoms with Crippen LogP contribution in [0, 0.1) is 0 Å². The van der Waals surface area contributed by atoms with Crippen LogP contribution in [-0.2, 0) is 6.42 Å². The third-order valence-electron chi connectivity index (χ3n) is 1.86. The summed E-state index contributed by atoms with van der Waals surface area (Å²) in [7, 11) is 0. The van der Waals surface area contributed by atoms with Gasteiger partial charge in [0.05, 0.1) is 18.6 Å². The molecule has 0 radical (unpaired) electrons. The van der Waals surface area contributed by atoms with Crippen molar-refractivity contribution in [1.29, 1.82) is 0 Å². The minimum Gasteiger partial charge on any atom is -0.472 e. The molecule has 12 heavy (non-hydrogen) atoms. The van der Waals surface area contributed by atoms with Crippen LogP contribution in [0.25, 0.3) is 0 Å².